The third kappa shape index (κ3) is 6.66. The van der Waals surface area contributed by atoms with Gasteiger partial charge in [0.25, 0.3) is 0 Å². The van der Waals surface area contributed by atoms with E-state index in [0.717, 1.165) is 17.2 Å². The van der Waals surface area contributed by atoms with Gasteiger partial charge in [-0.2, -0.15) is 4.39 Å². The smallest absolute Gasteiger partial charge is 0.201 e. The van der Waals surface area contributed by atoms with Crippen LogP contribution in [0.2, 0.25) is 0 Å². The summed E-state index contributed by atoms with van der Waals surface area (Å²) in [6, 6.07) is 18.9. The number of benzene rings is 3. The van der Waals surface area contributed by atoms with Crippen LogP contribution in [0.25, 0.3) is 11.1 Å². The Kier molecular flexibility index (Phi) is 9.38. The minimum atomic E-state index is -0.953. The molecule has 4 heteroatoms. The normalized spacial score (nSPS) is 17.7. The summed E-state index contributed by atoms with van der Waals surface area (Å²) in [5.74, 6) is 0.523. The lowest BCUT2D eigenvalue weighted by Crippen LogP contribution is -2.13. The van der Waals surface area contributed by atoms with Crippen molar-refractivity contribution in [1.82, 2.24) is 0 Å². The number of halogens is 2. The van der Waals surface area contributed by atoms with Gasteiger partial charge in [-0.25, -0.2) is 4.39 Å². The van der Waals surface area contributed by atoms with Crippen LogP contribution in [0.3, 0.4) is 0 Å². The molecule has 0 N–H and O–H groups in total. The van der Waals surface area contributed by atoms with Crippen molar-refractivity contribution < 1.29 is 18.3 Å². The van der Waals surface area contributed by atoms with Crippen LogP contribution in [-0.4, -0.2) is 6.61 Å². The van der Waals surface area contributed by atoms with Crippen molar-refractivity contribution >= 4 is 0 Å². The molecule has 0 amide bonds. The van der Waals surface area contributed by atoms with Gasteiger partial charge in [0.2, 0.25) is 5.82 Å². The van der Waals surface area contributed by atoms with Gasteiger partial charge in [-0.1, -0.05) is 69.0 Å². The Morgan fingerprint density at radius 2 is 1.47 bits per heavy atom. The lowest BCUT2D eigenvalue weighted by atomic mass is 9.77. The third-order valence-electron chi connectivity index (χ3n) is 7.43. The van der Waals surface area contributed by atoms with E-state index >= 15 is 0 Å². The van der Waals surface area contributed by atoms with Crippen molar-refractivity contribution in [2.75, 3.05) is 6.61 Å². The zero-order valence-electron chi connectivity index (χ0n) is 21.6. The van der Waals surface area contributed by atoms with Crippen LogP contribution < -0.4 is 9.47 Å². The molecule has 3 aromatic rings. The van der Waals surface area contributed by atoms with Crippen LogP contribution in [0.15, 0.2) is 60.7 Å². The topological polar surface area (TPSA) is 18.5 Å². The second-order valence-corrected chi connectivity index (χ2v) is 9.94. The summed E-state index contributed by atoms with van der Waals surface area (Å²) in [7, 11) is 0. The minimum Gasteiger partial charge on any atom is -0.491 e. The number of ether oxygens (including phenoxy) is 2. The summed E-state index contributed by atoms with van der Waals surface area (Å²) in [4.78, 5) is 0. The van der Waals surface area contributed by atoms with Crippen LogP contribution in [0, 0.1) is 17.6 Å². The fourth-order valence-electron chi connectivity index (χ4n) is 5.27. The monoisotopic (exact) mass is 492 g/mol. The van der Waals surface area contributed by atoms with E-state index in [9.17, 15) is 8.78 Å². The van der Waals surface area contributed by atoms with Gasteiger partial charge in [-0.3, -0.25) is 0 Å². The van der Waals surface area contributed by atoms with Gasteiger partial charge in [0, 0.05) is 5.56 Å². The molecule has 2 nitrogen and oxygen atoms in total. The molecule has 192 valence electrons. The largest absolute Gasteiger partial charge is 0.491 e. The lowest BCUT2D eigenvalue weighted by Gasteiger charge is -2.29. The Bertz CT molecular complexity index is 1080. The lowest BCUT2D eigenvalue weighted by molar-refractivity contribution is 0.300. The summed E-state index contributed by atoms with van der Waals surface area (Å²) in [6.07, 6.45) is 10.8. The first-order valence-electron chi connectivity index (χ1n) is 13.5. The molecule has 1 fully saturated rings. The molecule has 0 atom stereocenters. The van der Waals surface area contributed by atoms with Gasteiger partial charge in [-0.05, 0) is 85.4 Å². The molecule has 0 spiro atoms. The van der Waals surface area contributed by atoms with Gasteiger partial charge in [0.15, 0.2) is 11.6 Å². The van der Waals surface area contributed by atoms with Gasteiger partial charge in [0.05, 0.1) is 6.61 Å². The van der Waals surface area contributed by atoms with Crippen LogP contribution in [-0.2, 0) is 6.61 Å². The van der Waals surface area contributed by atoms with E-state index in [-0.39, 0.29) is 17.9 Å². The summed E-state index contributed by atoms with van der Waals surface area (Å²) >= 11 is 0. The molecule has 1 saturated carbocycles. The molecule has 4 rings (SSSR count). The van der Waals surface area contributed by atoms with E-state index in [1.165, 1.54) is 63.0 Å². The van der Waals surface area contributed by atoms with Gasteiger partial charge in [-0.15, -0.1) is 0 Å². The summed E-state index contributed by atoms with van der Waals surface area (Å²) in [5.41, 5.74) is 3.22. The van der Waals surface area contributed by atoms with Gasteiger partial charge < -0.3 is 9.47 Å². The fraction of sp³-hybridized carbons (Fsp3) is 0.438. The van der Waals surface area contributed by atoms with Crippen LogP contribution in [0.5, 0.6) is 11.5 Å². The zero-order chi connectivity index (χ0) is 25.3. The number of hydrogen-bond donors (Lipinski definition) is 0. The first kappa shape index (κ1) is 26.2. The molecule has 0 aliphatic heterocycles. The number of rotatable bonds is 11. The Labute approximate surface area is 214 Å². The molecular weight excluding hydrogens is 454 g/mol. The molecular formula is C32H38F2O2. The predicted molar refractivity (Wildman–Crippen MR) is 143 cm³/mol. The average molecular weight is 493 g/mol. The van der Waals surface area contributed by atoms with E-state index in [4.69, 9.17) is 9.47 Å². The van der Waals surface area contributed by atoms with E-state index in [2.05, 4.69) is 31.2 Å². The first-order chi connectivity index (χ1) is 17.6. The molecule has 0 bridgehead atoms. The maximum Gasteiger partial charge on any atom is 0.201 e. The third-order valence-corrected chi connectivity index (χ3v) is 7.43. The quantitative estimate of drug-likeness (QED) is 0.248. The first-order valence-corrected chi connectivity index (χ1v) is 13.5. The second kappa shape index (κ2) is 12.9. The summed E-state index contributed by atoms with van der Waals surface area (Å²) in [5, 5.41) is 0. The van der Waals surface area contributed by atoms with E-state index in [1.54, 1.807) is 25.1 Å². The molecule has 1 aliphatic rings. The Morgan fingerprint density at radius 3 is 2.14 bits per heavy atom. The predicted octanol–water partition coefficient (Wildman–Crippen LogP) is 9.46. The summed E-state index contributed by atoms with van der Waals surface area (Å²) in [6.45, 7) is 4.72. The highest BCUT2D eigenvalue weighted by Gasteiger charge is 2.22. The number of unbranched alkanes of at least 4 members (excludes halogenated alkanes) is 2. The van der Waals surface area contributed by atoms with Gasteiger partial charge in [0.1, 0.15) is 12.4 Å². The van der Waals surface area contributed by atoms with E-state index in [0.29, 0.717) is 18.1 Å². The highest BCUT2D eigenvalue weighted by atomic mass is 19.2. The second-order valence-electron chi connectivity index (χ2n) is 9.94. The van der Waals surface area contributed by atoms with E-state index in [1.807, 2.05) is 12.1 Å². The van der Waals surface area contributed by atoms with Crippen molar-refractivity contribution in [3.8, 4) is 22.6 Å². The van der Waals surface area contributed by atoms with Crippen molar-refractivity contribution in [2.45, 2.75) is 77.7 Å². The molecule has 36 heavy (non-hydrogen) atoms. The Morgan fingerprint density at radius 1 is 0.750 bits per heavy atom. The fourth-order valence-corrected chi connectivity index (χ4v) is 5.27. The highest BCUT2D eigenvalue weighted by molar-refractivity contribution is 5.65. The van der Waals surface area contributed by atoms with Crippen molar-refractivity contribution in [2.24, 2.45) is 5.92 Å². The molecule has 0 radical (unpaired) electrons. The van der Waals surface area contributed by atoms with Crippen molar-refractivity contribution in [3.05, 3.63) is 83.4 Å². The molecule has 1 aliphatic carbocycles. The molecule has 0 unspecified atom stereocenters. The minimum absolute atomic E-state index is 0.0649. The summed E-state index contributed by atoms with van der Waals surface area (Å²) < 4.78 is 39.9. The Balaban J connectivity index is 1.28. The van der Waals surface area contributed by atoms with Crippen molar-refractivity contribution in [3.63, 3.8) is 0 Å². The standard InChI is InChI=1S/C32H38F2O2/c1-3-5-6-7-23-8-12-25(13-9-23)26-16-18-28(19-17-26)36-22-24-10-14-27(15-11-24)29-20-21-30(35-4-2)32(34)31(29)33/h10-11,14-21,23,25H,3-9,12-13,22H2,1-2H3. The van der Waals surface area contributed by atoms with Gasteiger partial charge >= 0.3 is 0 Å². The molecule has 0 aromatic heterocycles. The van der Waals surface area contributed by atoms with Crippen LogP contribution >= 0.6 is 0 Å². The average Bonchev–Trinajstić information content (AvgIpc) is 2.92. The molecule has 3 aromatic carbocycles. The zero-order valence-corrected chi connectivity index (χ0v) is 21.6. The Hall–Kier alpha value is -2.88. The highest BCUT2D eigenvalue weighted by Crippen LogP contribution is 2.38. The molecule has 0 heterocycles. The maximum atomic E-state index is 14.5. The van der Waals surface area contributed by atoms with Crippen LogP contribution in [0.4, 0.5) is 8.78 Å². The van der Waals surface area contributed by atoms with E-state index < -0.39 is 11.6 Å². The van der Waals surface area contributed by atoms with Crippen LogP contribution in [0.1, 0.15) is 82.3 Å². The molecule has 0 saturated heterocycles. The maximum absolute atomic E-state index is 14.5. The SMILES string of the molecule is CCCCCC1CCC(c2ccc(OCc3ccc(-c4ccc(OCC)c(F)c4F)cc3)cc2)CC1. The van der Waals surface area contributed by atoms with Crippen molar-refractivity contribution in [1.29, 1.82) is 0 Å². The number of hydrogen-bond acceptors (Lipinski definition) is 2.